The molecule has 1 rings (SSSR count). The van der Waals surface area contributed by atoms with Gasteiger partial charge < -0.3 is 2.85 Å². The summed E-state index contributed by atoms with van der Waals surface area (Å²) < 4.78 is 13.4. The van der Waals surface area contributed by atoms with Crippen LogP contribution in [0.4, 0.5) is 4.39 Å². The molecule has 0 spiro atoms. The normalized spacial score (nSPS) is 8.70. The van der Waals surface area contributed by atoms with Crippen molar-refractivity contribution in [3.63, 3.8) is 0 Å². The summed E-state index contributed by atoms with van der Waals surface area (Å²) in [6, 6.07) is 4.87. The van der Waals surface area contributed by atoms with Crippen LogP contribution in [0, 0.1) is 12.7 Å². The number of rotatable bonds is 0. The van der Waals surface area contributed by atoms with E-state index in [2.05, 4.69) is 15.9 Å². The topological polar surface area (TPSA) is 0 Å². The predicted octanol–water partition coefficient (Wildman–Crippen LogP) is 2.74. The van der Waals surface area contributed by atoms with Gasteiger partial charge in [0.05, 0.1) is 0 Å². The largest absolute Gasteiger partial charge is 2.00 e. The van der Waals surface area contributed by atoms with Gasteiger partial charge in [0.2, 0.25) is 0 Å². The molecule has 0 aliphatic heterocycles. The molecule has 0 radical (unpaired) electrons. The molecule has 3 heteroatoms. The van der Waals surface area contributed by atoms with E-state index in [0.29, 0.717) is 5.56 Å². The smallest absolute Gasteiger partial charge is 1.00 e. The SMILES string of the molecule is Cc1cc(Br)ccc1F.[H-].[H-].[Mg+2]. The molecule has 0 atom stereocenters. The summed E-state index contributed by atoms with van der Waals surface area (Å²) in [5, 5.41) is 0. The van der Waals surface area contributed by atoms with Gasteiger partial charge in [-0.2, -0.15) is 0 Å². The minimum atomic E-state index is -0.154. The summed E-state index contributed by atoms with van der Waals surface area (Å²) in [7, 11) is 0. The Kier molecular flexibility index (Phi) is 4.48. The fourth-order valence-electron chi connectivity index (χ4n) is 0.608. The Morgan fingerprint density at radius 3 is 2.50 bits per heavy atom. The Hall–Kier alpha value is 0.396. The van der Waals surface area contributed by atoms with Gasteiger partial charge in [-0.3, -0.25) is 0 Å². The van der Waals surface area contributed by atoms with Crippen LogP contribution in [-0.4, -0.2) is 23.1 Å². The van der Waals surface area contributed by atoms with Crippen molar-refractivity contribution in [2.75, 3.05) is 0 Å². The zero-order valence-electron chi connectivity index (χ0n) is 7.70. The van der Waals surface area contributed by atoms with E-state index in [4.69, 9.17) is 0 Å². The van der Waals surface area contributed by atoms with Gasteiger partial charge >= 0.3 is 23.1 Å². The van der Waals surface area contributed by atoms with Crippen molar-refractivity contribution in [2.45, 2.75) is 6.92 Å². The van der Waals surface area contributed by atoms with Crippen molar-refractivity contribution in [1.29, 1.82) is 0 Å². The average Bonchev–Trinajstić information content (AvgIpc) is 1.80. The molecule has 0 aliphatic rings. The van der Waals surface area contributed by atoms with E-state index < -0.39 is 0 Å². The van der Waals surface area contributed by atoms with E-state index in [-0.39, 0.29) is 31.7 Å². The maximum Gasteiger partial charge on any atom is 2.00 e. The molecule has 0 saturated heterocycles. The molecule has 0 unspecified atom stereocenters. The average molecular weight is 215 g/mol. The Labute approximate surface area is 87.1 Å². The van der Waals surface area contributed by atoms with E-state index in [1.165, 1.54) is 6.07 Å². The number of benzene rings is 1. The fourth-order valence-corrected chi connectivity index (χ4v) is 1.08. The summed E-state index contributed by atoms with van der Waals surface area (Å²) in [6.07, 6.45) is 0. The minimum Gasteiger partial charge on any atom is -1.00 e. The summed E-state index contributed by atoms with van der Waals surface area (Å²) in [5.74, 6) is -0.154. The van der Waals surface area contributed by atoms with E-state index in [9.17, 15) is 4.39 Å². The van der Waals surface area contributed by atoms with Crippen LogP contribution < -0.4 is 0 Å². The molecule has 0 nitrogen and oxygen atoms in total. The van der Waals surface area contributed by atoms with Crippen LogP contribution in [-0.2, 0) is 0 Å². The monoisotopic (exact) mass is 214 g/mol. The van der Waals surface area contributed by atoms with Gasteiger partial charge in [0.15, 0.2) is 0 Å². The number of hydrogen-bond acceptors (Lipinski definition) is 0. The Bertz CT molecular complexity index is 233. The van der Waals surface area contributed by atoms with E-state index >= 15 is 0 Å². The Morgan fingerprint density at radius 2 is 2.10 bits per heavy atom. The third kappa shape index (κ3) is 2.56. The second kappa shape index (κ2) is 4.31. The molecule has 1 aromatic carbocycles. The molecule has 0 heterocycles. The van der Waals surface area contributed by atoms with Crippen LogP contribution in [0.15, 0.2) is 22.7 Å². The molecular weight excluding hydrogens is 207 g/mol. The number of aryl methyl sites for hydroxylation is 1. The summed E-state index contributed by atoms with van der Waals surface area (Å²) in [5.41, 5.74) is 0.671. The molecule has 0 saturated carbocycles. The molecule has 10 heavy (non-hydrogen) atoms. The molecule has 0 aliphatic carbocycles. The molecule has 0 aromatic heterocycles. The van der Waals surface area contributed by atoms with Crippen LogP contribution in [0.3, 0.4) is 0 Å². The molecule has 1 aromatic rings. The van der Waals surface area contributed by atoms with Gasteiger partial charge in [0.1, 0.15) is 5.82 Å². The first-order valence-corrected chi connectivity index (χ1v) is 3.41. The zero-order chi connectivity index (χ0) is 6.85. The van der Waals surface area contributed by atoms with Gasteiger partial charge in [-0.1, -0.05) is 15.9 Å². The van der Waals surface area contributed by atoms with Crippen LogP contribution in [0.5, 0.6) is 0 Å². The maximum absolute atomic E-state index is 12.5. The van der Waals surface area contributed by atoms with Crippen LogP contribution in [0.2, 0.25) is 0 Å². The Morgan fingerprint density at radius 1 is 1.50 bits per heavy atom. The van der Waals surface area contributed by atoms with Crippen molar-refractivity contribution in [3.05, 3.63) is 34.1 Å². The van der Waals surface area contributed by atoms with Crippen molar-refractivity contribution in [2.24, 2.45) is 0 Å². The van der Waals surface area contributed by atoms with E-state index in [0.717, 1.165) is 4.47 Å². The molecule has 0 amide bonds. The van der Waals surface area contributed by atoms with Gasteiger partial charge in [-0.25, -0.2) is 4.39 Å². The molecular formula is C7H8BrFMg. The first kappa shape index (κ1) is 10.4. The first-order chi connectivity index (χ1) is 4.20. The second-order valence-electron chi connectivity index (χ2n) is 1.89. The number of hydrogen-bond donors (Lipinski definition) is 0. The summed E-state index contributed by atoms with van der Waals surface area (Å²) in [4.78, 5) is 0. The van der Waals surface area contributed by atoms with Crippen molar-refractivity contribution in [3.8, 4) is 0 Å². The molecule has 0 bridgehead atoms. The summed E-state index contributed by atoms with van der Waals surface area (Å²) >= 11 is 3.23. The molecule has 0 N–H and O–H groups in total. The van der Waals surface area contributed by atoms with Crippen molar-refractivity contribution < 1.29 is 7.24 Å². The van der Waals surface area contributed by atoms with Gasteiger partial charge in [0, 0.05) is 4.47 Å². The molecule has 52 valence electrons. The van der Waals surface area contributed by atoms with Gasteiger partial charge in [0.25, 0.3) is 0 Å². The van der Waals surface area contributed by atoms with Gasteiger partial charge in [-0.05, 0) is 30.7 Å². The first-order valence-electron chi connectivity index (χ1n) is 2.62. The number of halogens is 2. The van der Waals surface area contributed by atoms with Crippen LogP contribution in [0.1, 0.15) is 8.42 Å². The molecule has 0 fully saturated rings. The van der Waals surface area contributed by atoms with Crippen molar-refractivity contribution in [1.82, 2.24) is 0 Å². The Balaban J connectivity index is -0.000000270. The predicted molar refractivity (Wildman–Crippen MR) is 46.8 cm³/mol. The van der Waals surface area contributed by atoms with Gasteiger partial charge in [-0.15, -0.1) is 0 Å². The quantitative estimate of drug-likeness (QED) is 0.584. The summed E-state index contributed by atoms with van der Waals surface area (Å²) in [6.45, 7) is 1.74. The van der Waals surface area contributed by atoms with E-state index in [1.54, 1.807) is 19.1 Å². The van der Waals surface area contributed by atoms with Crippen LogP contribution >= 0.6 is 15.9 Å². The fraction of sp³-hybridized carbons (Fsp3) is 0.143. The second-order valence-corrected chi connectivity index (χ2v) is 2.81. The maximum atomic E-state index is 12.5. The van der Waals surface area contributed by atoms with Crippen LogP contribution in [0.25, 0.3) is 0 Å². The zero-order valence-corrected chi connectivity index (χ0v) is 8.70. The minimum absolute atomic E-state index is 0. The van der Waals surface area contributed by atoms with E-state index in [1.807, 2.05) is 0 Å². The third-order valence-electron chi connectivity index (χ3n) is 1.12. The van der Waals surface area contributed by atoms with Crippen molar-refractivity contribution >= 4 is 39.0 Å². The third-order valence-corrected chi connectivity index (χ3v) is 1.61. The standard InChI is InChI=1S/C7H6BrF.Mg.2H/c1-5-4-6(8)2-3-7(5)9;;;/h2-4H,1H3;;;/q;+2;2*-1.